The van der Waals surface area contributed by atoms with Gasteiger partial charge in [0.1, 0.15) is 0 Å². The Morgan fingerprint density at radius 1 is 0.983 bits per heavy atom. The Bertz CT molecular complexity index is 2560. The van der Waals surface area contributed by atoms with Crippen molar-refractivity contribution in [2.45, 2.75) is 89.8 Å². The maximum Gasteiger partial charge on any atom is 0.293 e. The molecule has 4 atom stereocenters. The predicted molar refractivity (Wildman–Crippen MR) is 223 cm³/mol. The molecule has 0 spiro atoms. The number of rotatable bonds is 10. The fourth-order valence-corrected chi connectivity index (χ4v) is 8.80. The Morgan fingerprint density at radius 2 is 1.81 bits per heavy atom. The zero-order valence-electron chi connectivity index (χ0n) is 34.0. The summed E-state index contributed by atoms with van der Waals surface area (Å²) in [6, 6.07) is 21.5. The molecular formula is C45H48N10O4. The van der Waals surface area contributed by atoms with Crippen LogP contribution in [-0.4, -0.2) is 84.6 Å². The van der Waals surface area contributed by atoms with E-state index in [2.05, 4.69) is 82.2 Å². The van der Waals surface area contributed by atoms with Crippen molar-refractivity contribution >= 4 is 34.4 Å². The molecule has 3 aliphatic rings. The highest BCUT2D eigenvalue weighted by Gasteiger charge is 2.43. The molecule has 7 heterocycles. The first kappa shape index (κ1) is 38.2. The molecule has 4 aromatic heterocycles. The molecule has 2 aromatic carbocycles. The van der Waals surface area contributed by atoms with Crippen LogP contribution in [0.3, 0.4) is 0 Å². The molecular weight excluding hydrogens is 745 g/mol. The fourth-order valence-electron chi connectivity index (χ4n) is 8.80. The number of likely N-dealkylation sites (tertiary alicyclic amines) is 1. The number of piperidine rings is 1. The molecule has 6 aromatic rings. The second-order valence-electron chi connectivity index (χ2n) is 17.2. The van der Waals surface area contributed by atoms with Gasteiger partial charge in [-0.3, -0.25) is 34.7 Å². The summed E-state index contributed by atoms with van der Waals surface area (Å²) in [5, 5.41) is 17.9. The van der Waals surface area contributed by atoms with E-state index < -0.39 is 0 Å². The van der Waals surface area contributed by atoms with Crippen LogP contribution in [0.2, 0.25) is 0 Å². The lowest BCUT2D eigenvalue weighted by molar-refractivity contribution is -0.134. The van der Waals surface area contributed by atoms with Gasteiger partial charge in [-0.2, -0.15) is 10.1 Å². The van der Waals surface area contributed by atoms with Crippen LogP contribution in [-0.2, 0) is 21.4 Å². The first-order chi connectivity index (χ1) is 28.4. The number of amides is 3. The van der Waals surface area contributed by atoms with Crippen LogP contribution in [0.1, 0.15) is 97.7 Å². The molecule has 3 fully saturated rings. The first-order valence-corrected chi connectivity index (χ1v) is 20.4. The van der Waals surface area contributed by atoms with Crippen molar-refractivity contribution in [2.24, 2.45) is 0 Å². The Hall–Kier alpha value is -6.28. The Balaban J connectivity index is 0.818. The van der Waals surface area contributed by atoms with E-state index in [1.165, 1.54) is 5.56 Å². The van der Waals surface area contributed by atoms with Gasteiger partial charge in [-0.05, 0) is 79.6 Å². The molecule has 14 heteroatoms. The third-order valence-electron chi connectivity index (χ3n) is 12.1. The number of hydrogen-bond donors (Lipinski definition) is 3. The highest BCUT2D eigenvalue weighted by molar-refractivity contribution is 6.01. The predicted octanol–water partition coefficient (Wildman–Crippen LogP) is 6.19. The van der Waals surface area contributed by atoms with Crippen LogP contribution >= 0.6 is 0 Å². The topological polar surface area (TPSA) is 175 Å². The van der Waals surface area contributed by atoms with Crippen molar-refractivity contribution in [2.75, 3.05) is 24.5 Å². The van der Waals surface area contributed by atoms with Crippen molar-refractivity contribution in [3.05, 3.63) is 107 Å². The summed E-state index contributed by atoms with van der Waals surface area (Å²) in [5.74, 6) is -0.580. The van der Waals surface area contributed by atoms with Gasteiger partial charge in [0, 0.05) is 66.3 Å². The molecule has 14 nitrogen and oxygen atoms in total. The van der Waals surface area contributed by atoms with Crippen LogP contribution in [0.5, 0.6) is 0 Å². The number of aryl methyl sites for hydroxylation is 1. The summed E-state index contributed by atoms with van der Waals surface area (Å²) in [4.78, 5) is 55.7. The molecule has 302 valence electrons. The third kappa shape index (κ3) is 7.60. The molecule has 59 heavy (non-hydrogen) atoms. The molecule has 3 N–H and O–H groups in total. The smallest absolute Gasteiger partial charge is 0.293 e. The Labute approximate surface area is 342 Å². The first-order valence-electron chi connectivity index (χ1n) is 20.4. The van der Waals surface area contributed by atoms with Gasteiger partial charge in [0.25, 0.3) is 11.7 Å². The standard InChI is InChI=1S/C45H48N10O4/c1-25-18-29(10-12-34(25)26(2)48-43(58)41-50-44(59-53-41)45(3,4)5)39-36-19-30(21-47-40(36)52-51-39)37-14-11-31(22-46-37)55-24-32-20-33(55)23-54(32)17-16-27-6-8-28(9-7-27)35-13-15-38(56)49-42(35)57/h6-12,14,18-19,21-22,26,32-33,35H,13,15-17,20,23-24H2,1-5H3,(H,48,58)(H,47,51,52)(H,49,56,57)/t26-,32?,33?,35?/m1/s1. The maximum absolute atomic E-state index is 12.9. The second kappa shape index (κ2) is 15.1. The SMILES string of the molecule is Cc1cc(-c2[nH]nc3ncc(-c4ccc(N5CC6CC5CN6CCc5ccc(C6CCC(=O)NC6=O)cc5)cn4)cc23)ccc1[C@@H](C)NC(=O)c1noc(C(C)(C)C)n1. The zero-order chi connectivity index (χ0) is 41.0. The molecule has 9 rings (SSSR count). The summed E-state index contributed by atoms with van der Waals surface area (Å²) in [6.45, 7) is 12.8. The minimum absolute atomic E-state index is 0.0181. The maximum atomic E-state index is 12.9. The van der Waals surface area contributed by atoms with Gasteiger partial charge in [0.15, 0.2) is 5.65 Å². The van der Waals surface area contributed by atoms with E-state index in [0.29, 0.717) is 36.5 Å². The van der Waals surface area contributed by atoms with E-state index in [4.69, 9.17) is 9.51 Å². The lowest BCUT2D eigenvalue weighted by Gasteiger charge is -2.35. The lowest BCUT2D eigenvalue weighted by Crippen LogP contribution is -2.47. The molecule has 0 aliphatic carbocycles. The van der Waals surface area contributed by atoms with Crippen molar-refractivity contribution in [1.29, 1.82) is 0 Å². The van der Waals surface area contributed by atoms with E-state index in [1.54, 1.807) is 0 Å². The number of H-pyrrole nitrogens is 1. The van der Waals surface area contributed by atoms with Gasteiger partial charge in [-0.1, -0.05) is 62.3 Å². The van der Waals surface area contributed by atoms with Gasteiger partial charge in [0.2, 0.25) is 17.7 Å². The summed E-state index contributed by atoms with van der Waals surface area (Å²) in [5.41, 5.74) is 9.21. The van der Waals surface area contributed by atoms with Crippen LogP contribution < -0.4 is 15.5 Å². The number of carbonyl (C=O) groups is 3. The number of imide groups is 1. The highest BCUT2D eigenvalue weighted by atomic mass is 16.5. The Morgan fingerprint density at radius 3 is 2.51 bits per heavy atom. The number of nitrogens with zero attached hydrogens (tertiary/aromatic N) is 7. The van der Waals surface area contributed by atoms with Gasteiger partial charge in [0.05, 0.1) is 35.2 Å². The van der Waals surface area contributed by atoms with Gasteiger partial charge < -0.3 is 14.7 Å². The number of anilines is 1. The lowest BCUT2D eigenvalue weighted by atomic mass is 9.90. The summed E-state index contributed by atoms with van der Waals surface area (Å²) >= 11 is 0. The van der Waals surface area contributed by atoms with Gasteiger partial charge in [-0.25, -0.2) is 4.98 Å². The highest BCUT2D eigenvalue weighted by Crippen LogP contribution is 2.36. The van der Waals surface area contributed by atoms with Crippen molar-refractivity contribution in [1.82, 2.24) is 45.8 Å². The van der Waals surface area contributed by atoms with E-state index >= 15 is 0 Å². The molecule has 3 aliphatic heterocycles. The number of aromatic amines is 1. The summed E-state index contributed by atoms with van der Waals surface area (Å²) in [7, 11) is 0. The Kier molecular flexibility index (Phi) is 9.82. The van der Waals surface area contributed by atoms with Crippen molar-refractivity contribution in [3.63, 3.8) is 0 Å². The minimum Gasteiger partial charge on any atom is -0.364 e. The third-order valence-corrected chi connectivity index (χ3v) is 12.1. The molecule has 0 radical (unpaired) electrons. The number of fused-ring (bicyclic) bond motifs is 3. The van der Waals surface area contributed by atoms with Gasteiger partial charge >= 0.3 is 0 Å². The zero-order valence-corrected chi connectivity index (χ0v) is 34.0. The number of nitrogens with one attached hydrogen (secondary N) is 3. The number of carbonyl (C=O) groups excluding carboxylic acids is 3. The van der Waals surface area contributed by atoms with Crippen LogP contribution in [0, 0.1) is 6.92 Å². The van der Waals surface area contributed by atoms with E-state index in [-0.39, 0.29) is 40.9 Å². The van der Waals surface area contributed by atoms with E-state index in [9.17, 15) is 14.4 Å². The molecule has 0 saturated carbocycles. The average Bonchev–Trinajstić information content (AvgIpc) is 4.05. The molecule has 3 unspecified atom stereocenters. The van der Waals surface area contributed by atoms with Crippen LogP contribution in [0.15, 0.2) is 77.6 Å². The summed E-state index contributed by atoms with van der Waals surface area (Å²) < 4.78 is 5.31. The molecule has 3 saturated heterocycles. The fraction of sp³-hybridized carbons (Fsp3) is 0.378. The molecule has 2 bridgehead atoms. The monoisotopic (exact) mass is 792 g/mol. The van der Waals surface area contributed by atoms with Crippen molar-refractivity contribution < 1.29 is 18.9 Å². The number of benzene rings is 2. The number of aromatic nitrogens is 6. The largest absolute Gasteiger partial charge is 0.364 e. The number of hydrogen-bond acceptors (Lipinski definition) is 11. The van der Waals surface area contributed by atoms with E-state index in [0.717, 1.165) is 82.8 Å². The normalized spacial score (nSPS) is 20.0. The minimum atomic E-state index is -0.388. The van der Waals surface area contributed by atoms with E-state index in [1.807, 2.05) is 71.3 Å². The van der Waals surface area contributed by atoms with Gasteiger partial charge in [-0.15, -0.1) is 0 Å². The summed E-state index contributed by atoms with van der Waals surface area (Å²) in [6.07, 6.45) is 6.86. The quantitative estimate of drug-likeness (QED) is 0.135. The van der Waals surface area contributed by atoms with Crippen LogP contribution in [0.4, 0.5) is 5.69 Å². The second-order valence-corrected chi connectivity index (χ2v) is 17.2. The van der Waals surface area contributed by atoms with Crippen LogP contribution in [0.25, 0.3) is 33.5 Å². The van der Waals surface area contributed by atoms with Crippen molar-refractivity contribution in [3.8, 4) is 22.5 Å². The number of pyridine rings is 2. The average molecular weight is 793 g/mol. The number of piperazine rings is 1. The molecule has 3 amide bonds.